The zero-order valence-electron chi connectivity index (χ0n) is 20.4. The zero-order chi connectivity index (χ0) is 23.2. The third-order valence-corrected chi connectivity index (χ3v) is 8.03. The van der Waals surface area contributed by atoms with Gasteiger partial charge in [0.2, 0.25) is 0 Å². The lowest BCUT2D eigenvalue weighted by molar-refractivity contribution is -0.151. The van der Waals surface area contributed by atoms with Crippen LogP contribution in [0.3, 0.4) is 0 Å². The standard InChI is InChI=1S/C28H40O5/c1-3-4-5-8-23(33-28(30)20-11-12-20)15-14-19-10-13-22-17-25-21(16-24(19)22)7-6-9-26(25)32-18-27(29)31-2/h6-7,9,19-20,22-24H,3-5,8,10-18H2,1-2H3. The van der Waals surface area contributed by atoms with E-state index < -0.39 is 0 Å². The maximum absolute atomic E-state index is 12.3. The van der Waals surface area contributed by atoms with Crippen molar-refractivity contribution in [3.05, 3.63) is 29.3 Å². The molecular weight excluding hydrogens is 416 g/mol. The summed E-state index contributed by atoms with van der Waals surface area (Å²) in [4.78, 5) is 23.8. The van der Waals surface area contributed by atoms with E-state index in [1.165, 1.54) is 43.9 Å². The van der Waals surface area contributed by atoms with Gasteiger partial charge in [-0.1, -0.05) is 31.9 Å². The molecule has 0 radical (unpaired) electrons. The Morgan fingerprint density at radius 1 is 1.06 bits per heavy atom. The molecule has 0 spiro atoms. The summed E-state index contributed by atoms with van der Waals surface area (Å²) in [6, 6.07) is 6.23. The Labute approximate surface area is 198 Å². The maximum Gasteiger partial charge on any atom is 0.343 e. The molecule has 4 rings (SSSR count). The molecule has 5 heteroatoms. The van der Waals surface area contributed by atoms with Gasteiger partial charge in [-0.3, -0.25) is 4.79 Å². The molecule has 2 saturated carbocycles. The number of carbonyl (C=O) groups excluding carboxylic acids is 2. The lowest BCUT2D eigenvalue weighted by Gasteiger charge is -2.32. The van der Waals surface area contributed by atoms with E-state index in [4.69, 9.17) is 14.2 Å². The topological polar surface area (TPSA) is 61.8 Å². The second kappa shape index (κ2) is 11.4. The monoisotopic (exact) mass is 456 g/mol. The molecule has 4 atom stereocenters. The van der Waals surface area contributed by atoms with Crippen LogP contribution in [-0.2, 0) is 31.9 Å². The highest BCUT2D eigenvalue weighted by Gasteiger charge is 2.40. The van der Waals surface area contributed by atoms with Gasteiger partial charge in [-0.05, 0) is 99.2 Å². The van der Waals surface area contributed by atoms with Crippen molar-refractivity contribution in [3.63, 3.8) is 0 Å². The van der Waals surface area contributed by atoms with Crippen LogP contribution >= 0.6 is 0 Å². The summed E-state index contributed by atoms with van der Waals surface area (Å²) >= 11 is 0. The molecule has 3 aliphatic carbocycles. The van der Waals surface area contributed by atoms with Crippen LogP contribution in [0.4, 0.5) is 0 Å². The summed E-state index contributed by atoms with van der Waals surface area (Å²) in [5, 5.41) is 0. The van der Waals surface area contributed by atoms with Crippen molar-refractivity contribution in [1.29, 1.82) is 0 Å². The number of hydrogen-bond acceptors (Lipinski definition) is 5. The van der Waals surface area contributed by atoms with E-state index >= 15 is 0 Å². The fourth-order valence-corrected chi connectivity index (χ4v) is 5.93. The van der Waals surface area contributed by atoms with Crippen molar-refractivity contribution in [1.82, 2.24) is 0 Å². The molecular formula is C28H40O5. The normalized spacial score (nSPS) is 24.5. The molecule has 4 unspecified atom stereocenters. The van der Waals surface area contributed by atoms with Crippen LogP contribution in [0, 0.1) is 23.7 Å². The van der Waals surface area contributed by atoms with Gasteiger partial charge in [0.25, 0.3) is 0 Å². The summed E-state index contributed by atoms with van der Waals surface area (Å²) in [5.74, 6) is 2.80. The Hall–Kier alpha value is -2.04. The second-order valence-corrected chi connectivity index (χ2v) is 10.3. The van der Waals surface area contributed by atoms with Crippen LogP contribution < -0.4 is 4.74 Å². The maximum atomic E-state index is 12.3. The number of unbranched alkanes of at least 4 members (excludes halogenated alkanes) is 2. The summed E-state index contributed by atoms with van der Waals surface area (Å²) < 4.78 is 16.5. The smallest absolute Gasteiger partial charge is 0.343 e. The number of benzene rings is 1. The molecule has 1 aromatic rings. The van der Waals surface area contributed by atoms with E-state index in [1.54, 1.807) is 0 Å². The third kappa shape index (κ3) is 6.30. The zero-order valence-corrected chi connectivity index (χ0v) is 20.4. The Bertz CT molecular complexity index is 815. The highest BCUT2D eigenvalue weighted by Crippen LogP contribution is 2.48. The van der Waals surface area contributed by atoms with E-state index in [-0.39, 0.29) is 30.6 Å². The molecule has 5 nitrogen and oxygen atoms in total. The van der Waals surface area contributed by atoms with Crippen molar-refractivity contribution < 1.29 is 23.8 Å². The SMILES string of the molecule is CCCCCC(CCC1CCC2Cc3c(cccc3OCC(=O)OC)CC12)OC(=O)C1CC1. The van der Waals surface area contributed by atoms with Crippen LogP contribution in [-0.4, -0.2) is 31.8 Å². The molecule has 3 aliphatic rings. The van der Waals surface area contributed by atoms with Crippen LogP contribution in [0.15, 0.2) is 18.2 Å². The number of hydrogen-bond donors (Lipinski definition) is 0. The first-order chi connectivity index (χ1) is 16.1. The lowest BCUT2D eigenvalue weighted by atomic mass is 9.73. The molecule has 0 aromatic heterocycles. The Balaban J connectivity index is 1.34. The van der Waals surface area contributed by atoms with Crippen LogP contribution in [0.5, 0.6) is 5.75 Å². The average Bonchev–Trinajstić information content (AvgIpc) is 3.61. The molecule has 0 heterocycles. The molecule has 0 saturated heterocycles. The number of fused-ring (bicyclic) bond motifs is 2. The summed E-state index contributed by atoms with van der Waals surface area (Å²) in [6.07, 6.45) is 13.5. The van der Waals surface area contributed by atoms with E-state index in [0.717, 1.165) is 57.1 Å². The van der Waals surface area contributed by atoms with Gasteiger partial charge in [-0.2, -0.15) is 0 Å². The van der Waals surface area contributed by atoms with E-state index in [1.807, 2.05) is 12.1 Å². The van der Waals surface area contributed by atoms with Crippen molar-refractivity contribution in [2.45, 2.75) is 90.1 Å². The number of esters is 2. The predicted molar refractivity (Wildman–Crippen MR) is 127 cm³/mol. The average molecular weight is 457 g/mol. The highest BCUT2D eigenvalue weighted by molar-refractivity contribution is 5.75. The van der Waals surface area contributed by atoms with Gasteiger partial charge in [0, 0.05) is 0 Å². The Kier molecular flexibility index (Phi) is 8.32. The van der Waals surface area contributed by atoms with E-state index in [0.29, 0.717) is 17.8 Å². The van der Waals surface area contributed by atoms with Crippen LogP contribution in [0.2, 0.25) is 0 Å². The van der Waals surface area contributed by atoms with Gasteiger partial charge < -0.3 is 14.2 Å². The molecule has 0 bridgehead atoms. The molecule has 0 aliphatic heterocycles. The van der Waals surface area contributed by atoms with Gasteiger partial charge in [0.05, 0.1) is 13.0 Å². The molecule has 182 valence electrons. The summed E-state index contributed by atoms with van der Waals surface area (Å²) in [5.41, 5.74) is 2.64. The van der Waals surface area contributed by atoms with Crippen molar-refractivity contribution in [2.24, 2.45) is 23.7 Å². The van der Waals surface area contributed by atoms with E-state index in [2.05, 4.69) is 13.0 Å². The van der Waals surface area contributed by atoms with Gasteiger partial charge >= 0.3 is 11.9 Å². The summed E-state index contributed by atoms with van der Waals surface area (Å²) in [7, 11) is 1.39. The lowest BCUT2D eigenvalue weighted by Crippen LogP contribution is -2.27. The van der Waals surface area contributed by atoms with Gasteiger partial charge in [0.15, 0.2) is 6.61 Å². The van der Waals surface area contributed by atoms with Gasteiger partial charge in [0.1, 0.15) is 11.9 Å². The van der Waals surface area contributed by atoms with E-state index in [9.17, 15) is 9.59 Å². The number of ether oxygens (including phenoxy) is 3. The second-order valence-electron chi connectivity index (χ2n) is 10.3. The molecule has 1 aromatic carbocycles. The first-order valence-corrected chi connectivity index (χ1v) is 13.1. The Morgan fingerprint density at radius 2 is 1.91 bits per heavy atom. The number of carbonyl (C=O) groups is 2. The van der Waals surface area contributed by atoms with Crippen molar-refractivity contribution in [3.8, 4) is 5.75 Å². The molecule has 2 fully saturated rings. The molecule has 0 amide bonds. The van der Waals surface area contributed by atoms with Crippen LogP contribution in [0.25, 0.3) is 0 Å². The molecule has 33 heavy (non-hydrogen) atoms. The van der Waals surface area contributed by atoms with Crippen LogP contribution in [0.1, 0.15) is 82.3 Å². The minimum Gasteiger partial charge on any atom is -0.482 e. The number of methoxy groups -OCH3 is 1. The van der Waals surface area contributed by atoms with Gasteiger partial charge in [-0.25, -0.2) is 4.79 Å². The number of rotatable bonds is 12. The van der Waals surface area contributed by atoms with Crippen molar-refractivity contribution in [2.75, 3.05) is 13.7 Å². The third-order valence-electron chi connectivity index (χ3n) is 8.03. The highest BCUT2D eigenvalue weighted by atomic mass is 16.6. The minimum atomic E-state index is -0.349. The minimum absolute atomic E-state index is 0.0390. The molecule has 0 N–H and O–H groups in total. The largest absolute Gasteiger partial charge is 0.482 e. The summed E-state index contributed by atoms with van der Waals surface area (Å²) in [6.45, 7) is 2.18. The van der Waals surface area contributed by atoms with Gasteiger partial charge in [-0.15, -0.1) is 0 Å². The first-order valence-electron chi connectivity index (χ1n) is 13.1. The quantitative estimate of drug-likeness (QED) is 0.300. The fourth-order valence-electron chi connectivity index (χ4n) is 5.93. The first kappa shape index (κ1) is 24.1. The van der Waals surface area contributed by atoms with Crippen molar-refractivity contribution >= 4 is 11.9 Å². The Morgan fingerprint density at radius 3 is 2.67 bits per heavy atom. The predicted octanol–water partition coefficient (Wildman–Crippen LogP) is 5.66. The fraction of sp³-hybridized carbons (Fsp3) is 0.714.